The molecule has 6 rings (SSSR count). The number of hydrogen-bond donors (Lipinski definition) is 1. The van der Waals surface area contributed by atoms with Gasteiger partial charge in [-0.2, -0.15) is 11.8 Å². The minimum Gasteiger partial charge on any atom is -0.321 e. The van der Waals surface area contributed by atoms with Crippen molar-refractivity contribution in [3.63, 3.8) is 0 Å². The molecular weight excluding hydrogens is 651 g/mol. The van der Waals surface area contributed by atoms with E-state index in [1.54, 1.807) is 0 Å². The number of thioether (sulfide) groups is 1. The van der Waals surface area contributed by atoms with Crippen LogP contribution >= 0.6 is 11.8 Å². The summed E-state index contributed by atoms with van der Waals surface area (Å²) in [5.74, 6) is 3.98. The van der Waals surface area contributed by atoms with Crippen molar-refractivity contribution in [3.05, 3.63) is 93.1 Å². The van der Waals surface area contributed by atoms with Gasteiger partial charge in [0.25, 0.3) is 5.91 Å². The van der Waals surface area contributed by atoms with Crippen LogP contribution in [0.5, 0.6) is 0 Å². The van der Waals surface area contributed by atoms with Crippen molar-refractivity contribution in [2.75, 3.05) is 16.8 Å². The number of amides is 1. The van der Waals surface area contributed by atoms with Crippen molar-refractivity contribution in [2.45, 2.75) is 178 Å². The maximum absolute atomic E-state index is 13.1. The van der Waals surface area contributed by atoms with Crippen molar-refractivity contribution in [3.8, 4) is 0 Å². The Labute approximate surface area is 326 Å². The first-order valence-corrected chi connectivity index (χ1v) is 22.6. The number of carbonyl (C=O) groups is 1. The Morgan fingerprint density at radius 2 is 1.40 bits per heavy atom. The summed E-state index contributed by atoms with van der Waals surface area (Å²) < 4.78 is 0. The number of anilines is 1. The van der Waals surface area contributed by atoms with Crippen molar-refractivity contribution in [1.82, 2.24) is 0 Å². The molecule has 3 heteroatoms. The zero-order valence-corrected chi connectivity index (χ0v) is 36.0. The fraction of sp³-hybridized carbons (Fsp3) is 0.612. The van der Waals surface area contributed by atoms with Crippen molar-refractivity contribution >= 4 is 28.9 Å². The first-order chi connectivity index (χ1) is 25.3. The molecule has 2 fully saturated rings. The Kier molecular flexibility index (Phi) is 23.8. The monoisotopic (exact) mass is 728 g/mol. The summed E-state index contributed by atoms with van der Waals surface area (Å²) in [6, 6.07) is 16.9. The molecule has 2 aromatic rings. The first-order valence-electron chi connectivity index (χ1n) is 21.4. The zero-order chi connectivity index (χ0) is 38.1. The molecule has 1 heterocycles. The number of fused-ring (bicyclic) bond motifs is 1. The molecule has 1 aliphatic heterocycles. The van der Waals surface area contributed by atoms with E-state index in [0.717, 1.165) is 54.8 Å². The molecule has 1 amide bonds. The van der Waals surface area contributed by atoms with Gasteiger partial charge in [-0.05, 0) is 135 Å². The molecule has 4 aliphatic rings. The third kappa shape index (κ3) is 16.7. The van der Waals surface area contributed by atoms with E-state index in [2.05, 4.69) is 122 Å². The highest BCUT2D eigenvalue weighted by Gasteiger charge is 2.30. The number of nitrogens with one attached hydrogen (secondary N) is 1. The standard InChI is InChI=1S/C29H33NO.C7H14S.C6H14.C4H8.C3H8/c1-5-10-19(2)20(3)24-13-9-14-25(21(24)4)28-26-18-23(15-16-27(26)30-29(28)31)17-22-11-7-6-8-12-22;1-2-5-8-6-7-3-4-7;1-3-5-6-4-2;1-2-4-3-1;1-3-2/h6-8,11-12,15-16,18H,5,9-10,13-14,17H2,1-4H3,(H,30,31);7H,2-6H2,1H3;3-6H2,1-2H3;1-4H2;3H2,1-2H3/b20-19-,28-25-;;;;. The molecule has 52 heavy (non-hydrogen) atoms. The molecule has 0 spiro atoms. The SMILES string of the molecule is C1CCC1.CCC.CCC/C(C)=C(/C)C1=C(C)/C(=C2\C(=O)Nc3ccc(Cc4ccccc4)cc32)CCC1.CCCCCC.CCCSCC1CC1. The van der Waals surface area contributed by atoms with E-state index in [0.29, 0.717) is 0 Å². The number of rotatable bonds is 12. The summed E-state index contributed by atoms with van der Waals surface area (Å²) in [5, 5.41) is 3.11. The van der Waals surface area contributed by atoms with E-state index in [-0.39, 0.29) is 5.91 Å². The predicted molar refractivity (Wildman–Crippen MR) is 236 cm³/mol. The number of unbranched alkanes of at least 4 members (excludes halogenated alkanes) is 3. The van der Waals surface area contributed by atoms with Gasteiger partial charge in [0, 0.05) is 11.3 Å². The van der Waals surface area contributed by atoms with Crippen LogP contribution in [-0.2, 0) is 11.2 Å². The molecule has 0 bridgehead atoms. The Balaban J connectivity index is 0.000000359. The molecule has 2 nitrogen and oxygen atoms in total. The van der Waals surface area contributed by atoms with Gasteiger partial charge in [-0.3, -0.25) is 4.79 Å². The van der Waals surface area contributed by atoms with Gasteiger partial charge in [-0.15, -0.1) is 0 Å². The van der Waals surface area contributed by atoms with Gasteiger partial charge in [-0.25, -0.2) is 0 Å². The van der Waals surface area contributed by atoms with E-state index >= 15 is 0 Å². The lowest BCUT2D eigenvalue weighted by molar-refractivity contribution is -0.110. The zero-order valence-electron chi connectivity index (χ0n) is 35.2. The molecule has 2 aromatic carbocycles. The molecular formula is C49H77NOS. The van der Waals surface area contributed by atoms with Crippen LogP contribution in [0.2, 0.25) is 0 Å². The van der Waals surface area contributed by atoms with Gasteiger partial charge >= 0.3 is 0 Å². The minimum atomic E-state index is 0.0503. The number of hydrogen-bond acceptors (Lipinski definition) is 2. The van der Waals surface area contributed by atoms with Gasteiger partial charge in [0.15, 0.2) is 0 Å². The van der Waals surface area contributed by atoms with E-state index < -0.39 is 0 Å². The van der Waals surface area contributed by atoms with Crippen LogP contribution in [-0.4, -0.2) is 17.4 Å². The van der Waals surface area contributed by atoms with E-state index in [1.165, 1.54) is 134 Å². The molecule has 2 saturated carbocycles. The van der Waals surface area contributed by atoms with Gasteiger partial charge in [0.2, 0.25) is 0 Å². The first kappa shape index (κ1) is 45.6. The smallest absolute Gasteiger partial charge is 0.256 e. The van der Waals surface area contributed by atoms with Crippen LogP contribution in [0.4, 0.5) is 5.69 Å². The summed E-state index contributed by atoms with van der Waals surface area (Å²) in [6.45, 7) is 19.9. The Bertz CT molecular complexity index is 1380. The maximum Gasteiger partial charge on any atom is 0.256 e. The van der Waals surface area contributed by atoms with E-state index in [1.807, 2.05) is 6.07 Å². The summed E-state index contributed by atoms with van der Waals surface area (Å²) in [6.07, 6.45) is 23.5. The second-order valence-electron chi connectivity index (χ2n) is 15.3. The van der Waals surface area contributed by atoms with Gasteiger partial charge in [0.1, 0.15) is 0 Å². The van der Waals surface area contributed by atoms with Crippen LogP contribution < -0.4 is 5.32 Å². The highest BCUT2D eigenvalue weighted by atomic mass is 32.2. The van der Waals surface area contributed by atoms with Crippen molar-refractivity contribution in [1.29, 1.82) is 0 Å². The average Bonchev–Trinajstić information content (AvgIpc) is 3.88. The van der Waals surface area contributed by atoms with Crippen LogP contribution in [0.25, 0.3) is 5.57 Å². The molecule has 3 aliphatic carbocycles. The van der Waals surface area contributed by atoms with Crippen LogP contribution in [0.3, 0.4) is 0 Å². The van der Waals surface area contributed by atoms with Crippen molar-refractivity contribution in [2.24, 2.45) is 5.92 Å². The summed E-state index contributed by atoms with van der Waals surface area (Å²) >= 11 is 2.12. The molecule has 0 unspecified atom stereocenters. The summed E-state index contributed by atoms with van der Waals surface area (Å²) in [7, 11) is 0. The van der Waals surface area contributed by atoms with Gasteiger partial charge in [-0.1, -0.05) is 148 Å². The normalized spacial score (nSPS) is 17.7. The lowest BCUT2D eigenvalue weighted by Crippen LogP contribution is -2.10. The Morgan fingerprint density at radius 3 is 1.94 bits per heavy atom. The largest absolute Gasteiger partial charge is 0.321 e. The maximum atomic E-state index is 13.1. The Hall–Kier alpha value is -2.52. The van der Waals surface area contributed by atoms with Gasteiger partial charge in [0.05, 0.1) is 5.57 Å². The highest BCUT2D eigenvalue weighted by Crippen LogP contribution is 2.43. The molecule has 0 aromatic heterocycles. The van der Waals surface area contributed by atoms with Crippen LogP contribution in [0.15, 0.2) is 76.4 Å². The average molecular weight is 728 g/mol. The molecule has 1 N–H and O–H groups in total. The highest BCUT2D eigenvalue weighted by molar-refractivity contribution is 7.99. The predicted octanol–water partition coefficient (Wildman–Crippen LogP) is 15.7. The second-order valence-corrected chi connectivity index (χ2v) is 16.5. The fourth-order valence-electron chi connectivity index (χ4n) is 6.48. The second kappa shape index (κ2) is 27.1. The minimum absolute atomic E-state index is 0.0503. The van der Waals surface area contributed by atoms with E-state index in [9.17, 15) is 4.79 Å². The summed E-state index contributed by atoms with van der Waals surface area (Å²) in [5.41, 5.74) is 12.3. The summed E-state index contributed by atoms with van der Waals surface area (Å²) in [4.78, 5) is 13.1. The third-order valence-electron chi connectivity index (χ3n) is 10.2. The number of carbonyl (C=O) groups excluding carboxylic acids is 1. The molecule has 290 valence electrons. The van der Waals surface area contributed by atoms with Crippen LogP contribution in [0.1, 0.15) is 188 Å². The lowest BCUT2D eigenvalue weighted by atomic mass is 9.80. The van der Waals surface area contributed by atoms with Gasteiger partial charge < -0.3 is 5.32 Å². The fourth-order valence-corrected chi connectivity index (χ4v) is 7.61. The Morgan fingerprint density at radius 1 is 0.769 bits per heavy atom. The lowest BCUT2D eigenvalue weighted by Gasteiger charge is -2.24. The molecule has 0 atom stereocenters. The van der Waals surface area contributed by atoms with Crippen LogP contribution in [0, 0.1) is 5.92 Å². The number of allylic oxidation sites excluding steroid dienone is 5. The molecule has 0 radical (unpaired) electrons. The quantitative estimate of drug-likeness (QED) is 0.174. The van der Waals surface area contributed by atoms with E-state index in [4.69, 9.17) is 0 Å². The number of benzene rings is 2. The van der Waals surface area contributed by atoms with Crippen molar-refractivity contribution < 1.29 is 4.79 Å². The third-order valence-corrected chi connectivity index (χ3v) is 11.6. The topological polar surface area (TPSA) is 29.1 Å². The molecule has 0 saturated heterocycles.